The maximum atomic E-state index is 12.1. The maximum absolute atomic E-state index is 12.1. The fourth-order valence-electron chi connectivity index (χ4n) is 1.63. The molecule has 19 heavy (non-hydrogen) atoms. The van der Waals surface area contributed by atoms with Gasteiger partial charge < -0.3 is 0 Å². The summed E-state index contributed by atoms with van der Waals surface area (Å²) in [7, 11) is 1.47. The first kappa shape index (κ1) is 13.1. The quantitative estimate of drug-likeness (QED) is 0.618. The molecule has 3 heteroatoms. The van der Waals surface area contributed by atoms with E-state index < -0.39 is 0 Å². The fourth-order valence-corrected chi connectivity index (χ4v) is 1.63. The molecule has 0 unspecified atom stereocenters. The van der Waals surface area contributed by atoms with E-state index in [4.69, 9.17) is 4.84 Å². The summed E-state index contributed by atoms with van der Waals surface area (Å²) in [6, 6.07) is 19.5. The molecule has 0 atom stereocenters. The molecule has 0 heterocycles. The lowest BCUT2D eigenvalue weighted by atomic mass is 10.2. The highest BCUT2D eigenvalue weighted by atomic mass is 16.7. The summed E-state index contributed by atoms with van der Waals surface area (Å²) in [5.41, 5.74) is 1.64. The minimum Gasteiger partial charge on any atom is -0.269 e. The predicted molar refractivity (Wildman–Crippen MR) is 75.2 cm³/mol. The van der Waals surface area contributed by atoms with Crippen molar-refractivity contribution in [2.24, 2.45) is 0 Å². The first-order valence-electron chi connectivity index (χ1n) is 5.88. The molecule has 0 aromatic heterocycles. The Bertz CT molecular complexity index is 549. The van der Waals surface area contributed by atoms with Crippen LogP contribution >= 0.6 is 0 Å². The van der Waals surface area contributed by atoms with Gasteiger partial charge in [0.25, 0.3) is 5.91 Å². The van der Waals surface area contributed by atoms with Gasteiger partial charge in [-0.3, -0.25) is 9.63 Å². The number of nitrogens with zero attached hydrogens (tertiary/aromatic N) is 1. The molecular weight excluding hydrogens is 238 g/mol. The van der Waals surface area contributed by atoms with Gasteiger partial charge in [0.1, 0.15) is 0 Å². The van der Waals surface area contributed by atoms with Crippen molar-refractivity contribution in [2.75, 3.05) is 12.2 Å². The van der Waals surface area contributed by atoms with Crippen molar-refractivity contribution in [3.8, 4) is 0 Å². The van der Waals surface area contributed by atoms with Crippen LogP contribution in [0.5, 0.6) is 0 Å². The van der Waals surface area contributed by atoms with Crippen LogP contribution in [0.1, 0.15) is 5.56 Å². The van der Waals surface area contributed by atoms with Gasteiger partial charge in [0.2, 0.25) is 0 Å². The molecule has 2 aromatic carbocycles. The first-order valence-corrected chi connectivity index (χ1v) is 5.88. The number of rotatable bonds is 4. The second-order valence-corrected chi connectivity index (χ2v) is 3.82. The normalized spacial score (nSPS) is 10.6. The van der Waals surface area contributed by atoms with Crippen molar-refractivity contribution in [3.63, 3.8) is 0 Å². The number of hydroxylamine groups is 1. The van der Waals surface area contributed by atoms with Crippen molar-refractivity contribution in [1.82, 2.24) is 0 Å². The number of amides is 1. The Kier molecular flexibility index (Phi) is 4.48. The van der Waals surface area contributed by atoms with Crippen molar-refractivity contribution < 1.29 is 9.63 Å². The van der Waals surface area contributed by atoms with Crippen LogP contribution in [0.15, 0.2) is 60.7 Å². The van der Waals surface area contributed by atoms with Crippen molar-refractivity contribution in [3.05, 3.63) is 72.3 Å². The molecule has 0 saturated heterocycles. The smallest absolute Gasteiger partial charge is 0.269 e. The summed E-state index contributed by atoms with van der Waals surface area (Å²) in [6.45, 7) is 0. The van der Waals surface area contributed by atoms with Crippen molar-refractivity contribution in [1.29, 1.82) is 0 Å². The number of para-hydroxylation sites is 1. The van der Waals surface area contributed by atoms with Gasteiger partial charge in [-0.25, -0.2) is 0 Å². The van der Waals surface area contributed by atoms with Crippen LogP contribution < -0.4 is 5.06 Å². The van der Waals surface area contributed by atoms with E-state index in [1.54, 1.807) is 18.2 Å². The van der Waals surface area contributed by atoms with Gasteiger partial charge in [-0.1, -0.05) is 42.5 Å². The maximum Gasteiger partial charge on any atom is 0.274 e. The number of hydrogen-bond acceptors (Lipinski definition) is 2. The summed E-state index contributed by atoms with van der Waals surface area (Å²) in [4.78, 5) is 17.2. The van der Waals surface area contributed by atoms with Crippen LogP contribution in [-0.2, 0) is 9.63 Å². The molecule has 0 N–H and O–H groups in total. The van der Waals surface area contributed by atoms with E-state index in [9.17, 15) is 4.79 Å². The van der Waals surface area contributed by atoms with Gasteiger partial charge in [-0.15, -0.1) is 0 Å². The number of carbonyl (C=O) groups is 1. The highest BCUT2D eigenvalue weighted by Gasteiger charge is 2.11. The van der Waals surface area contributed by atoms with Crippen LogP contribution in [0.2, 0.25) is 0 Å². The fraction of sp³-hybridized carbons (Fsp3) is 0.0625. The Hall–Kier alpha value is -2.39. The average molecular weight is 252 g/mol. The third-order valence-corrected chi connectivity index (χ3v) is 2.54. The number of anilines is 1. The molecule has 2 rings (SSSR count). The third-order valence-electron chi connectivity index (χ3n) is 2.54. The van der Waals surface area contributed by atoms with E-state index in [0.29, 0.717) is 5.69 Å². The Morgan fingerprint density at radius 1 is 1.16 bits per heavy atom. The molecule has 2 aromatic rings. The molecular formula is C16H14NO2. The summed E-state index contributed by atoms with van der Waals surface area (Å²) < 4.78 is 0. The third kappa shape index (κ3) is 3.53. The van der Waals surface area contributed by atoms with Gasteiger partial charge in [-0.2, -0.15) is 5.06 Å². The number of hydrogen-bond donors (Lipinski definition) is 0. The SMILES string of the molecule is CON(C(=O)/C=C/c1cc[c]cc1)c1ccccc1. The molecule has 1 radical (unpaired) electrons. The highest BCUT2D eigenvalue weighted by Crippen LogP contribution is 2.14. The second-order valence-electron chi connectivity index (χ2n) is 3.82. The van der Waals surface area contributed by atoms with Crippen LogP contribution in [0.4, 0.5) is 5.69 Å². The van der Waals surface area contributed by atoms with Gasteiger partial charge in [0.05, 0.1) is 12.8 Å². The Morgan fingerprint density at radius 3 is 2.47 bits per heavy atom. The highest BCUT2D eigenvalue weighted by molar-refractivity contribution is 6.02. The van der Waals surface area contributed by atoms with E-state index in [-0.39, 0.29) is 5.91 Å². The lowest BCUT2D eigenvalue weighted by Crippen LogP contribution is -2.27. The molecule has 1 amide bonds. The van der Waals surface area contributed by atoms with Crippen LogP contribution in [0.25, 0.3) is 6.08 Å². The lowest BCUT2D eigenvalue weighted by molar-refractivity contribution is -0.120. The Labute approximate surface area is 112 Å². The monoisotopic (exact) mass is 252 g/mol. The summed E-state index contributed by atoms with van der Waals surface area (Å²) in [5, 5.41) is 1.24. The zero-order chi connectivity index (χ0) is 13.5. The first-order chi connectivity index (χ1) is 9.31. The Balaban J connectivity index is 2.12. The van der Waals surface area contributed by atoms with Crippen molar-refractivity contribution in [2.45, 2.75) is 0 Å². The van der Waals surface area contributed by atoms with Crippen molar-refractivity contribution >= 4 is 17.7 Å². The number of carbonyl (C=O) groups excluding carboxylic acids is 1. The van der Waals surface area contributed by atoms with E-state index in [1.807, 2.05) is 42.5 Å². The van der Waals surface area contributed by atoms with E-state index in [1.165, 1.54) is 18.2 Å². The predicted octanol–water partition coefficient (Wildman–Crippen LogP) is 3.09. The minimum atomic E-state index is -0.235. The molecule has 0 fully saturated rings. The molecule has 0 saturated carbocycles. The van der Waals surface area contributed by atoms with Crippen LogP contribution in [0, 0.1) is 6.07 Å². The molecule has 0 aliphatic carbocycles. The molecule has 0 aliphatic rings. The summed E-state index contributed by atoms with van der Waals surface area (Å²) >= 11 is 0. The molecule has 0 aliphatic heterocycles. The molecule has 95 valence electrons. The van der Waals surface area contributed by atoms with E-state index >= 15 is 0 Å². The zero-order valence-corrected chi connectivity index (χ0v) is 10.6. The van der Waals surface area contributed by atoms with Crippen LogP contribution in [-0.4, -0.2) is 13.0 Å². The van der Waals surface area contributed by atoms with Gasteiger partial charge >= 0.3 is 0 Å². The topological polar surface area (TPSA) is 29.5 Å². The van der Waals surface area contributed by atoms with E-state index in [2.05, 4.69) is 6.07 Å². The zero-order valence-electron chi connectivity index (χ0n) is 10.6. The lowest BCUT2D eigenvalue weighted by Gasteiger charge is -2.17. The van der Waals surface area contributed by atoms with Crippen LogP contribution in [0.3, 0.4) is 0 Å². The van der Waals surface area contributed by atoms with Gasteiger partial charge in [-0.05, 0) is 29.8 Å². The van der Waals surface area contributed by atoms with Gasteiger partial charge in [0.15, 0.2) is 0 Å². The standard InChI is InChI=1S/C16H14NO2/c1-19-17(15-10-6-3-7-11-15)16(18)13-12-14-8-4-2-5-9-14/h3-13H,1H3/b13-12+. The number of benzene rings is 2. The second kappa shape index (κ2) is 6.52. The molecule has 0 spiro atoms. The summed E-state index contributed by atoms with van der Waals surface area (Å²) in [5.74, 6) is -0.235. The molecule has 0 bridgehead atoms. The summed E-state index contributed by atoms with van der Waals surface area (Å²) in [6.07, 6.45) is 3.22. The minimum absolute atomic E-state index is 0.235. The average Bonchev–Trinajstić information content (AvgIpc) is 2.48. The Morgan fingerprint density at radius 2 is 1.84 bits per heavy atom. The van der Waals surface area contributed by atoms with Gasteiger partial charge in [0, 0.05) is 6.08 Å². The van der Waals surface area contributed by atoms with E-state index in [0.717, 1.165) is 5.56 Å². The molecule has 3 nitrogen and oxygen atoms in total. The largest absolute Gasteiger partial charge is 0.274 e.